The maximum atomic E-state index is 12.1. The number of amides is 1. The second-order valence-electron chi connectivity index (χ2n) is 9.51. The molecule has 2 saturated heterocycles. The molecule has 0 radical (unpaired) electrons. The topological polar surface area (TPSA) is 258 Å². The SMILES string of the molecule is CC(=O)OC[C@H]1O[C@H](O)[C@H](O[C@@H]2O[C@H](COC(C)=O)[C@@H](OC(C)=O)[C@H](OC(N)=O)[C@@H]2OC(C)=O)[C@H](OC(C)=O)[C@H]1OC(C)=O. The van der Waals surface area contributed by atoms with Gasteiger partial charge in [-0.25, -0.2) is 4.79 Å². The molecule has 0 aromatic carbocycles. The minimum Gasteiger partial charge on any atom is -0.463 e. The molecule has 2 rings (SSSR count). The van der Waals surface area contributed by atoms with Crippen LogP contribution in [0.25, 0.3) is 0 Å². The fraction of sp³-hybridized carbons (Fsp3) is 0.720. The molecule has 2 aliphatic rings. The molecular formula is C25H35NO18. The highest BCUT2D eigenvalue weighted by Crippen LogP contribution is 2.34. The Morgan fingerprint density at radius 2 is 0.932 bits per heavy atom. The standard InChI is InChI=1S/C25H35NO18/c1-9(27)35-7-15-17(37-11(3)29)19(39-13(5)31)21(23(33)41-15)43-24-22(40-14(6)32)20(44-25(26)34)18(38-12(4)30)16(42-24)8-36-10(2)28/h15-24,33H,7-8H2,1-6H3,(H2,26,34)/t15-,16-,17+,18-,19-,20+,21-,22+,23+,24+/m1/s1. The van der Waals surface area contributed by atoms with E-state index < -0.39 is 117 Å². The average Bonchev–Trinajstić information content (AvgIpc) is 2.87. The molecule has 0 aromatic heterocycles. The Kier molecular flexibility index (Phi) is 13.2. The Labute approximate surface area is 250 Å². The molecule has 0 saturated carbocycles. The van der Waals surface area contributed by atoms with Crippen molar-refractivity contribution < 1.29 is 86.0 Å². The lowest BCUT2D eigenvalue weighted by atomic mass is 9.96. The maximum Gasteiger partial charge on any atom is 0.405 e. The van der Waals surface area contributed by atoms with Crippen molar-refractivity contribution in [2.45, 2.75) is 103 Å². The highest BCUT2D eigenvalue weighted by molar-refractivity contribution is 5.69. The lowest BCUT2D eigenvalue weighted by Crippen LogP contribution is -2.67. The molecule has 3 N–H and O–H groups in total. The third-order valence-electron chi connectivity index (χ3n) is 5.85. The zero-order valence-electron chi connectivity index (χ0n) is 24.7. The summed E-state index contributed by atoms with van der Waals surface area (Å²) in [4.78, 5) is 82.9. The zero-order chi connectivity index (χ0) is 33.3. The first-order chi connectivity index (χ1) is 20.5. The van der Waals surface area contributed by atoms with Crippen LogP contribution in [0.1, 0.15) is 41.5 Å². The summed E-state index contributed by atoms with van der Waals surface area (Å²) < 4.78 is 53.4. The molecule has 2 heterocycles. The normalized spacial score (nSPS) is 31.4. The van der Waals surface area contributed by atoms with Crippen LogP contribution in [0.4, 0.5) is 4.79 Å². The number of esters is 6. The van der Waals surface area contributed by atoms with Crippen molar-refractivity contribution in [2.24, 2.45) is 5.73 Å². The van der Waals surface area contributed by atoms with Gasteiger partial charge in [0.05, 0.1) is 0 Å². The van der Waals surface area contributed by atoms with E-state index in [2.05, 4.69) is 0 Å². The first kappa shape index (κ1) is 36.1. The van der Waals surface area contributed by atoms with Crippen molar-refractivity contribution in [3.8, 4) is 0 Å². The molecule has 1 amide bonds. The quantitative estimate of drug-likeness (QED) is 0.186. The van der Waals surface area contributed by atoms with Crippen molar-refractivity contribution in [2.75, 3.05) is 13.2 Å². The smallest absolute Gasteiger partial charge is 0.405 e. The van der Waals surface area contributed by atoms with E-state index in [9.17, 15) is 38.7 Å². The predicted molar refractivity (Wildman–Crippen MR) is 134 cm³/mol. The number of nitrogens with two attached hydrogens (primary N) is 1. The first-order valence-electron chi connectivity index (χ1n) is 13.1. The van der Waals surface area contributed by atoms with Crippen LogP contribution in [0.2, 0.25) is 0 Å². The van der Waals surface area contributed by atoms with Gasteiger partial charge in [0, 0.05) is 41.5 Å². The van der Waals surface area contributed by atoms with Gasteiger partial charge in [-0.2, -0.15) is 0 Å². The minimum absolute atomic E-state index is 0.548. The molecule has 0 bridgehead atoms. The number of hydrogen-bond donors (Lipinski definition) is 2. The highest BCUT2D eigenvalue weighted by atomic mass is 16.8. The van der Waals surface area contributed by atoms with Gasteiger partial charge in [-0.1, -0.05) is 0 Å². The molecule has 0 aromatic rings. The van der Waals surface area contributed by atoms with E-state index in [-0.39, 0.29) is 0 Å². The number of hydrogen-bond acceptors (Lipinski definition) is 18. The van der Waals surface area contributed by atoms with E-state index in [0.29, 0.717) is 0 Å². The molecule has 2 fully saturated rings. The van der Waals surface area contributed by atoms with Crippen molar-refractivity contribution in [1.82, 2.24) is 0 Å². The van der Waals surface area contributed by atoms with Crippen molar-refractivity contribution in [1.29, 1.82) is 0 Å². The lowest BCUT2D eigenvalue weighted by molar-refractivity contribution is -0.362. The van der Waals surface area contributed by atoms with E-state index >= 15 is 0 Å². The fourth-order valence-electron chi connectivity index (χ4n) is 4.43. The van der Waals surface area contributed by atoms with Crippen LogP contribution in [-0.4, -0.2) is 122 Å². The number of primary amides is 1. The van der Waals surface area contributed by atoms with Crippen LogP contribution >= 0.6 is 0 Å². The van der Waals surface area contributed by atoms with Crippen LogP contribution in [-0.2, 0) is 76.1 Å². The summed E-state index contributed by atoms with van der Waals surface area (Å²) >= 11 is 0. The molecule has 2 aliphatic heterocycles. The number of carbonyl (C=O) groups excluding carboxylic acids is 7. The second-order valence-corrected chi connectivity index (χ2v) is 9.51. The van der Waals surface area contributed by atoms with Gasteiger partial charge < -0.3 is 58.2 Å². The Morgan fingerprint density at radius 1 is 0.545 bits per heavy atom. The van der Waals surface area contributed by atoms with Gasteiger partial charge in [-0.05, 0) is 0 Å². The van der Waals surface area contributed by atoms with Crippen molar-refractivity contribution in [3.05, 3.63) is 0 Å². The van der Waals surface area contributed by atoms with Crippen LogP contribution in [0.15, 0.2) is 0 Å². The molecule has 248 valence electrons. The van der Waals surface area contributed by atoms with E-state index in [1.165, 1.54) is 0 Å². The molecule has 0 aliphatic carbocycles. The maximum absolute atomic E-state index is 12.1. The average molecular weight is 638 g/mol. The van der Waals surface area contributed by atoms with Crippen LogP contribution in [0.5, 0.6) is 0 Å². The van der Waals surface area contributed by atoms with Gasteiger partial charge in [0.1, 0.15) is 25.4 Å². The van der Waals surface area contributed by atoms with Crippen LogP contribution in [0, 0.1) is 0 Å². The zero-order valence-corrected chi connectivity index (χ0v) is 24.7. The first-order valence-corrected chi connectivity index (χ1v) is 13.1. The summed E-state index contributed by atoms with van der Waals surface area (Å²) in [7, 11) is 0. The van der Waals surface area contributed by atoms with E-state index in [1.54, 1.807) is 0 Å². The van der Waals surface area contributed by atoms with E-state index in [4.69, 9.17) is 53.1 Å². The van der Waals surface area contributed by atoms with E-state index in [0.717, 1.165) is 41.5 Å². The Hall–Kier alpha value is -4.07. The third-order valence-corrected chi connectivity index (χ3v) is 5.85. The third kappa shape index (κ3) is 10.6. The molecule has 10 atom stereocenters. The Morgan fingerprint density at radius 3 is 1.34 bits per heavy atom. The lowest BCUT2D eigenvalue weighted by Gasteiger charge is -2.47. The number of carbonyl (C=O) groups is 7. The van der Waals surface area contributed by atoms with E-state index in [1.807, 2.05) is 0 Å². The van der Waals surface area contributed by atoms with Crippen molar-refractivity contribution in [3.63, 3.8) is 0 Å². The van der Waals surface area contributed by atoms with Gasteiger partial charge >= 0.3 is 41.9 Å². The van der Waals surface area contributed by atoms with Gasteiger partial charge in [0.2, 0.25) is 0 Å². The summed E-state index contributed by atoms with van der Waals surface area (Å²) in [5, 5.41) is 10.9. The number of aliphatic hydroxyl groups excluding tert-OH is 1. The van der Waals surface area contributed by atoms with Gasteiger partial charge in [0.15, 0.2) is 49.2 Å². The summed E-state index contributed by atoms with van der Waals surface area (Å²) in [6.45, 7) is 5.00. The molecule has 19 heteroatoms. The van der Waals surface area contributed by atoms with Gasteiger partial charge in [-0.3, -0.25) is 28.8 Å². The monoisotopic (exact) mass is 637 g/mol. The summed E-state index contributed by atoms with van der Waals surface area (Å²) in [5.41, 5.74) is 5.22. The number of ether oxygens (including phenoxy) is 10. The van der Waals surface area contributed by atoms with Crippen molar-refractivity contribution >= 4 is 41.9 Å². The van der Waals surface area contributed by atoms with Gasteiger partial charge in [-0.15, -0.1) is 0 Å². The van der Waals surface area contributed by atoms with Crippen LogP contribution < -0.4 is 5.73 Å². The largest absolute Gasteiger partial charge is 0.463 e. The molecular weight excluding hydrogens is 602 g/mol. The fourth-order valence-corrected chi connectivity index (χ4v) is 4.43. The molecule has 0 spiro atoms. The summed E-state index contributed by atoms with van der Waals surface area (Å²) in [6, 6.07) is 0. The predicted octanol–water partition coefficient (Wildman–Crippen LogP) is -1.87. The number of aliphatic hydroxyl groups is 1. The van der Waals surface area contributed by atoms with Gasteiger partial charge in [0.25, 0.3) is 0 Å². The van der Waals surface area contributed by atoms with Crippen LogP contribution in [0.3, 0.4) is 0 Å². The number of rotatable bonds is 11. The molecule has 44 heavy (non-hydrogen) atoms. The highest BCUT2D eigenvalue weighted by Gasteiger charge is 2.57. The molecule has 0 unspecified atom stereocenters. The minimum atomic E-state index is -2.01. The molecule has 19 nitrogen and oxygen atoms in total. The Balaban J connectivity index is 2.59. The summed E-state index contributed by atoms with van der Waals surface area (Å²) in [5.74, 6) is -5.21. The Bertz CT molecular complexity index is 1090. The summed E-state index contributed by atoms with van der Waals surface area (Å²) in [6.07, 6.45) is -18.2. The second kappa shape index (κ2) is 16.1.